The fourth-order valence-electron chi connectivity index (χ4n) is 7.84. The predicted molar refractivity (Wildman–Crippen MR) is 169 cm³/mol. The van der Waals surface area contributed by atoms with Gasteiger partial charge in [0.15, 0.2) is 25.2 Å². The van der Waals surface area contributed by atoms with Crippen LogP contribution in [0.2, 0.25) is 0 Å². The number of hydrogen-bond acceptors (Lipinski definition) is 23. The molecular weight excluding hydrogens is 754 g/mol. The molecule has 1 aliphatic carbocycles. The Labute approximate surface area is 313 Å². The van der Waals surface area contributed by atoms with Gasteiger partial charge in [0.2, 0.25) is 0 Å². The lowest BCUT2D eigenvalue weighted by atomic mass is 9.78. The molecule has 24 nitrogen and oxygen atoms in total. The summed E-state index contributed by atoms with van der Waals surface area (Å²) in [5.74, 6) is -0.980. The highest BCUT2D eigenvalue weighted by molar-refractivity contribution is 4.99. The quantitative estimate of drug-likeness (QED) is 0.0870. The molecule has 0 aromatic heterocycles. The Hall–Kier alpha value is -0.960. The molecule has 18 N–H and O–H groups in total. The van der Waals surface area contributed by atoms with Crippen molar-refractivity contribution < 1.29 is 120 Å². The van der Waals surface area contributed by atoms with Gasteiger partial charge in [0.1, 0.15) is 116 Å². The van der Waals surface area contributed by atoms with Crippen molar-refractivity contribution in [3.8, 4) is 0 Å². The molecule has 0 aromatic carbocycles. The average Bonchev–Trinajstić information content (AvgIpc) is 3.17. The van der Waals surface area contributed by atoms with Gasteiger partial charge in [0.05, 0.1) is 25.9 Å². The first-order valence-corrected chi connectivity index (χ1v) is 18.0. The van der Waals surface area contributed by atoms with E-state index in [1.165, 1.54) is 12.2 Å². The van der Waals surface area contributed by atoms with Gasteiger partial charge in [0.25, 0.3) is 0 Å². The van der Waals surface area contributed by atoms with E-state index in [-0.39, 0.29) is 6.42 Å². The fourth-order valence-corrected chi connectivity index (χ4v) is 7.84. The molecule has 24 heteroatoms. The standard InChI is InChI=1S/C31H55NO23/c1-7-13(16(39)22(45)29(49-7)54-26-11(5-35)50-28(48)21(44)19(26)42)32-9-2-8(3-33)25(18(41)14(9)37)53-31-24(47)20(43)27(12(6-36)52-31)55-30-23(46)17(40)15(38)10(4-34)51-30/h7-48H,2-6H2,1H3/p+1/t7-,8?,9+,10-,11-,12-,13-,14+,15-,16+,17+,18-,19-,20-,21-,22-,23-,24-,25-,26-,27-,28+,29-,30-,31-/m1/s1. The summed E-state index contributed by atoms with van der Waals surface area (Å²) in [6.45, 7) is -1.56. The molecule has 1 saturated carbocycles. The first-order valence-electron chi connectivity index (χ1n) is 18.0. The van der Waals surface area contributed by atoms with Crippen molar-refractivity contribution in [2.45, 2.75) is 160 Å². The summed E-state index contributed by atoms with van der Waals surface area (Å²) in [5.41, 5.74) is 0. The third-order valence-electron chi connectivity index (χ3n) is 11.2. The Kier molecular flexibility index (Phi) is 15.6. The maximum atomic E-state index is 11.2. The summed E-state index contributed by atoms with van der Waals surface area (Å²) < 4.78 is 38.7. The van der Waals surface area contributed by atoms with Gasteiger partial charge in [-0.1, -0.05) is 0 Å². The van der Waals surface area contributed by atoms with Crippen LogP contribution in [0.5, 0.6) is 0 Å². The first kappa shape index (κ1) is 45.1. The maximum absolute atomic E-state index is 11.2. The molecule has 5 rings (SSSR count). The summed E-state index contributed by atoms with van der Waals surface area (Å²) in [5, 5.41) is 168. The van der Waals surface area contributed by atoms with E-state index in [0.29, 0.717) is 0 Å². The van der Waals surface area contributed by atoms with Crippen LogP contribution in [0.15, 0.2) is 0 Å². The Balaban J connectivity index is 1.21. The van der Waals surface area contributed by atoms with Crippen LogP contribution in [-0.2, 0) is 33.2 Å². The van der Waals surface area contributed by atoms with Gasteiger partial charge in [-0.25, -0.2) is 0 Å². The van der Waals surface area contributed by atoms with Gasteiger partial charge in [0, 0.05) is 18.9 Å². The number of ether oxygens (including phenoxy) is 7. The second-order valence-corrected chi connectivity index (χ2v) is 14.7. The van der Waals surface area contributed by atoms with Crippen molar-refractivity contribution in [3.63, 3.8) is 0 Å². The zero-order chi connectivity index (χ0) is 40.6. The number of aliphatic hydroxyl groups is 16. The zero-order valence-corrected chi connectivity index (χ0v) is 29.6. The van der Waals surface area contributed by atoms with Gasteiger partial charge in [-0.2, -0.15) is 0 Å². The van der Waals surface area contributed by atoms with Crippen molar-refractivity contribution in [1.82, 2.24) is 0 Å². The average molecular weight is 811 g/mol. The van der Waals surface area contributed by atoms with E-state index in [0.717, 1.165) is 0 Å². The van der Waals surface area contributed by atoms with Gasteiger partial charge in [-0.05, 0) is 6.92 Å². The zero-order valence-electron chi connectivity index (χ0n) is 29.6. The molecule has 4 aliphatic heterocycles. The third kappa shape index (κ3) is 9.13. The highest BCUT2D eigenvalue weighted by atomic mass is 16.7. The van der Waals surface area contributed by atoms with Crippen LogP contribution in [0.1, 0.15) is 13.3 Å². The van der Waals surface area contributed by atoms with E-state index in [1.54, 1.807) is 0 Å². The Morgan fingerprint density at radius 2 is 0.909 bits per heavy atom. The van der Waals surface area contributed by atoms with E-state index < -0.39 is 179 Å². The van der Waals surface area contributed by atoms with Gasteiger partial charge in [-0.15, -0.1) is 0 Å². The van der Waals surface area contributed by atoms with Crippen molar-refractivity contribution in [1.29, 1.82) is 0 Å². The number of quaternary nitrogens is 1. The van der Waals surface area contributed by atoms with Crippen LogP contribution in [-0.4, -0.2) is 255 Å². The molecular formula is C31H56NO23+. The lowest BCUT2D eigenvalue weighted by Crippen LogP contribution is -3.03. The van der Waals surface area contributed by atoms with Crippen molar-refractivity contribution >= 4 is 0 Å². The molecule has 322 valence electrons. The van der Waals surface area contributed by atoms with Crippen LogP contribution >= 0.6 is 0 Å². The second kappa shape index (κ2) is 19.0. The molecule has 0 radical (unpaired) electrons. The molecule has 0 bridgehead atoms. The molecule has 4 heterocycles. The Morgan fingerprint density at radius 1 is 0.455 bits per heavy atom. The Bertz CT molecular complexity index is 1190. The Morgan fingerprint density at radius 3 is 1.47 bits per heavy atom. The lowest BCUT2D eigenvalue weighted by molar-refractivity contribution is -0.750. The normalized spacial score (nSPS) is 53.9. The van der Waals surface area contributed by atoms with Crippen molar-refractivity contribution in [3.05, 3.63) is 0 Å². The molecule has 0 amide bonds. The summed E-state index contributed by atoms with van der Waals surface area (Å²) in [4.78, 5) is 0. The topological polar surface area (TPSA) is 405 Å². The summed E-state index contributed by atoms with van der Waals surface area (Å²) in [6, 6.07) is -2.01. The van der Waals surface area contributed by atoms with E-state index in [4.69, 9.17) is 33.2 Å². The van der Waals surface area contributed by atoms with E-state index in [1.807, 2.05) is 0 Å². The van der Waals surface area contributed by atoms with E-state index in [2.05, 4.69) is 0 Å². The molecule has 0 spiro atoms. The van der Waals surface area contributed by atoms with Crippen LogP contribution in [0.25, 0.3) is 0 Å². The number of nitrogens with two attached hydrogens (primary N) is 1. The molecule has 0 aromatic rings. The third-order valence-corrected chi connectivity index (χ3v) is 11.2. The minimum Gasteiger partial charge on any atom is -0.396 e. The highest BCUT2D eigenvalue weighted by Crippen LogP contribution is 2.34. The lowest BCUT2D eigenvalue weighted by Gasteiger charge is -2.48. The molecule has 4 saturated heterocycles. The maximum Gasteiger partial charge on any atom is 0.187 e. The van der Waals surface area contributed by atoms with E-state index >= 15 is 0 Å². The van der Waals surface area contributed by atoms with Crippen LogP contribution < -0.4 is 5.32 Å². The first-order chi connectivity index (χ1) is 26.0. The highest BCUT2D eigenvalue weighted by Gasteiger charge is 2.56. The predicted octanol–water partition coefficient (Wildman–Crippen LogP) is -11.7. The second-order valence-electron chi connectivity index (χ2n) is 14.7. The summed E-state index contributed by atoms with van der Waals surface area (Å²) >= 11 is 0. The molecule has 1 unspecified atom stereocenters. The number of hydrogen-bond donors (Lipinski definition) is 17. The van der Waals surface area contributed by atoms with Crippen LogP contribution in [0, 0.1) is 5.92 Å². The van der Waals surface area contributed by atoms with E-state index in [9.17, 15) is 81.7 Å². The van der Waals surface area contributed by atoms with Gasteiger partial charge in [-0.3, -0.25) is 0 Å². The minimum absolute atomic E-state index is 0.104. The molecule has 25 atom stereocenters. The molecule has 5 fully saturated rings. The van der Waals surface area contributed by atoms with Crippen molar-refractivity contribution in [2.75, 3.05) is 26.4 Å². The minimum atomic E-state index is -1.97. The summed E-state index contributed by atoms with van der Waals surface area (Å²) in [6.07, 6.45) is -36.7. The fraction of sp³-hybridized carbons (Fsp3) is 1.00. The van der Waals surface area contributed by atoms with Gasteiger partial charge >= 0.3 is 0 Å². The van der Waals surface area contributed by atoms with Gasteiger partial charge < -0.3 is 120 Å². The molecule has 55 heavy (non-hydrogen) atoms. The van der Waals surface area contributed by atoms with Crippen LogP contribution in [0.4, 0.5) is 0 Å². The number of aliphatic hydroxyl groups excluding tert-OH is 16. The van der Waals surface area contributed by atoms with Crippen LogP contribution in [0.3, 0.4) is 0 Å². The number of rotatable bonds is 12. The summed E-state index contributed by atoms with van der Waals surface area (Å²) in [7, 11) is 0. The van der Waals surface area contributed by atoms with Crippen molar-refractivity contribution in [2.24, 2.45) is 5.92 Å². The monoisotopic (exact) mass is 810 g/mol. The molecule has 5 aliphatic rings. The SMILES string of the molecule is C[C@H]1O[C@H](O[C@H]2[C@H](O)[C@@H](O)[C@@H](O)O[C@@H]2CO)[C@H](O)[C@@H](O)[C@@H]1[NH2+][C@H]1CC(CO)[C@@H](O[C@H]2O[C@H](CO)[C@@H](O[C@H]3O[C@H](CO)[C@@H](O)[C@H](O)[C@H]3O)[C@H](O)[C@H]2O)[C@H](O)[C@H]1O. The largest absolute Gasteiger partial charge is 0.396 e. The smallest absolute Gasteiger partial charge is 0.187 e.